The van der Waals surface area contributed by atoms with E-state index in [1.54, 1.807) is 25.2 Å². The van der Waals surface area contributed by atoms with Crippen LogP contribution in [-0.2, 0) is 16.0 Å². The van der Waals surface area contributed by atoms with Gasteiger partial charge < -0.3 is 24.4 Å². The second kappa shape index (κ2) is 11.2. The molecule has 3 unspecified atom stereocenters. The molecule has 2 aliphatic rings. The molecule has 0 bridgehead atoms. The van der Waals surface area contributed by atoms with Gasteiger partial charge in [-0.1, -0.05) is 12.7 Å². The van der Waals surface area contributed by atoms with E-state index in [1.165, 1.54) is 11.6 Å². The molecule has 1 N–H and O–H groups in total. The Bertz CT molecular complexity index is 955. The van der Waals surface area contributed by atoms with Crippen LogP contribution in [0.2, 0.25) is 0 Å². The quantitative estimate of drug-likeness (QED) is 0.445. The maximum atomic E-state index is 12.9. The van der Waals surface area contributed by atoms with Crippen LogP contribution in [0.3, 0.4) is 0 Å². The summed E-state index contributed by atoms with van der Waals surface area (Å²) in [5, 5.41) is 3.08. The van der Waals surface area contributed by atoms with Crippen molar-refractivity contribution in [2.45, 2.75) is 63.8 Å². The number of hydrogen-bond donors (Lipinski definition) is 1. The Balaban J connectivity index is 1.97. The number of fused-ring (bicyclic) bond motifs is 3. The van der Waals surface area contributed by atoms with Gasteiger partial charge in [0.15, 0.2) is 11.5 Å². The first kappa shape index (κ1) is 26.6. The Kier molecular flexibility index (Phi) is 8.48. The molecular weight excluding hydrogens is 446 g/mol. The average molecular weight is 486 g/mol. The van der Waals surface area contributed by atoms with Crippen LogP contribution in [0.25, 0.3) is 0 Å². The summed E-state index contributed by atoms with van der Waals surface area (Å²) in [6.45, 7) is 15.0. The third-order valence-electron chi connectivity index (χ3n) is 6.61. The summed E-state index contributed by atoms with van der Waals surface area (Å²) in [4.78, 5) is 29.9. The average Bonchev–Trinajstić information content (AvgIpc) is 2.81. The smallest absolute Gasteiger partial charge is 0.407 e. The van der Waals surface area contributed by atoms with Crippen molar-refractivity contribution in [3.8, 4) is 11.5 Å². The standard InChI is InChI=1S/C27H39N3O5/c1-8-10-12-30(25(31)9-2)22-17-29-13-11-18-14-23(33-6)24(34-7)15-19(18)21(29)16-20(22)28-26(32)35-27(3,4)5/h8-9,14-15,20-22H,1-2,10-13,16-17H2,3-7H3,(H,28,32). The molecule has 2 aliphatic heterocycles. The Morgan fingerprint density at radius 1 is 1.20 bits per heavy atom. The van der Waals surface area contributed by atoms with Crippen LogP contribution >= 0.6 is 0 Å². The molecule has 1 aromatic rings. The Hall–Kier alpha value is -3.00. The van der Waals surface area contributed by atoms with Crippen molar-refractivity contribution in [1.29, 1.82) is 0 Å². The molecule has 8 nitrogen and oxygen atoms in total. The summed E-state index contributed by atoms with van der Waals surface area (Å²) in [5.41, 5.74) is 1.75. The Morgan fingerprint density at radius 2 is 1.89 bits per heavy atom. The minimum absolute atomic E-state index is 0.0647. The van der Waals surface area contributed by atoms with Gasteiger partial charge in [-0.05, 0) is 69.4 Å². The molecular formula is C27H39N3O5. The number of rotatable bonds is 8. The lowest BCUT2D eigenvalue weighted by atomic mass is 9.82. The molecule has 192 valence electrons. The SMILES string of the molecule is C=CCCN(C(=O)C=C)C1CN2CCc3cc(OC)c(OC)cc3C2CC1NC(=O)OC(C)(C)C. The molecule has 1 aromatic carbocycles. The first-order valence-corrected chi connectivity index (χ1v) is 12.1. The lowest BCUT2D eigenvalue weighted by Gasteiger charge is -2.50. The van der Waals surface area contributed by atoms with Crippen LogP contribution in [0, 0.1) is 0 Å². The van der Waals surface area contributed by atoms with Gasteiger partial charge in [-0.15, -0.1) is 6.58 Å². The number of piperidine rings is 1. The molecule has 2 amide bonds. The monoisotopic (exact) mass is 485 g/mol. The third-order valence-corrected chi connectivity index (χ3v) is 6.61. The first-order valence-electron chi connectivity index (χ1n) is 12.1. The van der Waals surface area contributed by atoms with Gasteiger partial charge in [-0.2, -0.15) is 0 Å². The number of carbonyl (C=O) groups excluding carboxylic acids is 2. The number of nitrogens with one attached hydrogen (secondary N) is 1. The maximum absolute atomic E-state index is 12.9. The minimum Gasteiger partial charge on any atom is -0.493 e. The highest BCUT2D eigenvalue weighted by Gasteiger charge is 2.43. The van der Waals surface area contributed by atoms with Crippen LogP contribution < -0.4 is 14.8 Å². The fraction of sp³-hybridized carbons (Fsp3) is 0.556. The van der Waals surface area contributed by atoms with Gasteiger partial charge in [-0.25, -0.2) is 4.79 Å². The Morgan fingerprint density at radius 3 is 2.49 bits per heavy atom. The van der Waals surface area contributed by atoms with Crippen molar-refractivity contribution in [2.24, 2.45) is 0 Å². The highest BCUT2D eigenvalue weighted by atomic mass is 16.6. The van der Waals surface area contributed by atoms with Crippen molar-refractivity contribution >= 4 is 12.0 Å². The van der Waals surface area contributed by atoms with E-state index in [0.29, 0.717) is 37.4 Å². The predicted molar refractivity (Wildman–Crippen MR) is 136 cm³/mol. The zero-order chi connectivity index (χ0) is 25.8. The van der Waals surface area contributed by atoms with Gasteiger partial charge in [0, 0.05) is 25.7 Å². The normalized spacial score (nSPS) is 21.7. The summed E-state index contributed by atoms with van der Waals surface area (Å²) in [6, 6.07) is 3.62. The van der Waals surface area contributed by atoms with E-state index in [2.05, 4.69) is 23.4 Å². The minimum atomic E-state index is -0.624. The molecule has 0 radical (unpaired) electrons. The largest absolute Gasteiger partial charge is 0.493 e. The molecule has 0 aromatic heterocycles. The molecule has 3 atom stereocenters. The van der Waals surface area contributed by atoms with Crippen molar-refractivity contribution in [3.05, 3.63) is 48.6 Å². The number of carbonyl (C=O) groups is 2. The van der Waals surface area contributed by atoms with Crippen LogP contribution in [-0.4, -0.2) is 73.3 Å². The highest BCUT2D eigenvalue weighted by molar-refractivity contribution is 5.87. The fourth-order valence-corrected chi connectivity index (χ4v) is 5.06. The van der Waals surface area contributed by atoms with Gasteiger partial charge >= 0.3 is 6.09 Å². The van der Waals surface area contributed by atoms with Crippen LogP contribution in [0.15, 0.2) is 37.4 Å². The van der Waals surface area contributed by atoms with Gasteiger partial charge in [0.05, 0.1) is 26.3 Å². The maximum Gasteiger partial charge on any atom is 0.407 e. The van der Waals surface area contributed by atoms with E-state index in [4.69, 9.17) is 14.2 Å². The van der Waals surface area contributed by atoms with Crippen LogP contribution in [0.5, 0.6) is 11.5 Å². The van der Waals surface area contributed by atoms with Gasteiger partial charge in [0.25, 0.3) is 0 Å². The number of alkyl carbamates (subject to hydrolysis) is 1. The van der Waals surface area contributed by atoms with E-state index < -0.39 is 11.7 Å². The molecule has 0 aliphatic carbocycles. The summed E-state index contributed by atoms with van der Waals surface area (Å²) < 4.78 is 16.6. The summed E-state index contributed by atoms with van der Waals surface area (Å²) in [5.74, 6) is 1.24. The van der Waals surface area contributed by atoms with E-state index in [0.717, 1.165) is 18.5 Å². The van der Waals surface area contributed by atoms with Gasteiger partial charge in [0.2, 0.25) is 5.91 Å². The van der Waals surface area contributed by atoms with E-state index in [9.17, 15) is 9.59 Å². The van der Waals surface area contributed by atoms with E-state index in [1.807, 2.05) is 32.9 Å². The van der Waals surface area contributed by atoms with Crippen molar-refractivity contribution < 1.29 is 23.8 Å². The van der Waals surface area contributed by atoms with Gasteiger partial charge in [-0.3, -0.25) is 9.69 Å². The van der Waals surface area contributed by atoms with Crippen LogP contribution in [0.1, 0.15) is 50.8 Å². The van der Waals surface area contributed by atoms with Crippen molar-refractivity contribution in [3.63, 3.8) is 0 Å². The summed E-state index contributed by atoms with van der Waals surface area (Å²) >= 11 is 0. The lowest BCUT2D eigenvalue weighted by Crippen LogP contribution is -2.63. The zero-order valence-electron chi connectivity index (χ0n) is 21.6. The highest BCUT2D eigenvalue weighted by Crippen LogP contribution is 2.42. The van der Waals surface area contributed by atoms with Crippen molar-refractivity contribution in [2.75, 3.05) is 33.9 Å². The number of methoxy groups -OCH3 is 2. The lowest BCUT2D eigenvalue weighted by molar-refractivity contribution is -0.130. The number of ether oxygens (including phenoxy) is 3. The number of hydrogen-bond acceptors (Lipinski definition) is 6. The second-order valence-corrected chi connectivity index (χ2v) is 10.0. The summed E-state index contributed by atoms with van der Waals surface area (Å²) in [6.07, 6.45) is 4.79. The molecule has 35 heavy (non-hydrogen) atoms. The third kappa shape index (κ3) is 6.17. The molecule has 1 fully saturated rings. The fourth-order valence-electron chi connectivity index (χ4n) is 5.06. The number of benzene rings is 1. The molecule has 2 heterocycles. The molecule has 3 rings (SSSR count). The molecule has 8 heteroatoms. The van der Waals surface area contributed by atoms with Gasteiger partial charge in [0.1, 0.15) is 5.60 Å². The zero-order valence-corrected chi connectivity index (χ0v) is 21.6. The molecule has 0 spiro atoms. The number of amides is 2. The second-order valence-electron chi connectivity index (χ2n) is 10.0. The molecule has 1 saturated heterocycles. The topological polar surface area (TPSA) is 80.3 Å². The Labute approximate surface area is 208 Å². The van der Waals surface area contributed by atoms with E-state index >= 15 is 0 Å². The van der Waals surface area contributed by atoms with Crippen molar-refractivity contribution in [1.82, 2.24) is 15.1 Å². The number of nitrogens with zero attached hydrogens (tertiary/aromatic N) is 2. The predicted octanol–water partition coefficient (Wildman–Crippen LogP) is 3.86. The van der Waals surface area contributed by atoms with Crippen LogP contribution in [0.4, 0.5) is 4.79 Å². The first-order chi connectivity index (χ1) is 16.6. The van der Waals surface area contributed by atoms with E-state index in [-0.39, 0.29) is 24.0 Å². The molecule has 0 saturated carbocycles. The summed E-state index contributed by atoms with van der Waals surface area (Å²) in [7, 11) is 3.27.